The lowest BCUT2D eigenvalue weighted by atomic mass is 10.2. The highest BCUT2D eigenvalue weighted by Gasteiger charge is 2.19. The van der Waals surface area contributed by atoms with E-state index in [2.05, 4.69) is 15.5 Å². The fourth-order valence-electron chi connectivity index (χ4n) is 3.22. The maximum Gasteiger partial charge on any atom is 0.340 e. The molecule has 140 valence electrons. The second kappa shape index (κ2) is 7.48. The van der Waals surface area contributed by atoms with E-state index in [0.717, 1.165) is 22.8 Å². The normalized spacial score (nSPS) is 10.8. The van der Waals surface area contributed by atoms with Crippen LogP contribution >= 0.6 is 0 Å². The molecular weight excluding hydrogens is 354 g/mol. The zero-order valence-corrected chi connectivity index (χ0v) is 15.6. The Morgan fingerprint density at radius 3 is 2.29 bits per heavy atom. The summed E-state index contributed by atoms with van der Waals surface area (Å²) in [6.07, 6.45) is 0. The average molecular weight is 373 g/mol. The maximum atomic E-state index is 12.7. The molecule has 0 aliphatic carbocycles. The molecule has 0 unspecified atom stereocenters. The zero-order valence-electron chi connectivity index (χ0n) is 15.6. The summed E-state index contributed by atoms with van der Waals surface area (Å²) in [6, 6.07) is 21.2. The highest BCUT2D eigenvalue weighted by Crippen LogP contribution is 2.21. The molecule has 0 saturated heterocycles. The van der Waals surface area contributed by atoms with Crippen molar-refractivity contribution in [3.63, 3.8) is 0 Å². The molecule has 2 aromatic heterocycles. The number of nitrogens with zero attached hydrogens (tertiary/aromatic N) is 5. The second-order valence-electron chi connectivity index (χ2n) is 6.37. The Kier molecular flexibility index (Phi) is 4.72. The third-order valence-corrected chi connectivity index (χ3v) is 4.53. The van der Waals surface area contributed by atoms with Crippen molar-refractivity contribution in [2.24, 2.45) is 0 Å². The highest BCUT2D eigenvalue weighted by atomic mass is 16.5. The molecule has 0 spiro atoms. The summed E-state index contributed by atoms with van der Waals surface area (Å²) in [6.45, 7) is 3.85. The summed E-state index contributed by atoms with van der Waals surface area (Å²) < 4.78 is 9.09. The van der Waals surface area contributed by atoms with E-state index in [0.29, 0.717) is 11.4 Å². The molecule has 0 atom stereocenters. The Morgan fingerprint density at radius 2 is 1.61 bits per heavy atom. The van der Waals surface area contributed by atoms with E-state index >= 15 is 0 Å². The third-order valence-electron chi connectivity index (χ3n) is 4.53. The van der Waals surface area contributed by atoms with Gasteiger partial charge in [-0.15, -0.1) is 5.10 Å². The van der Waals surface area contributed by atoms with E-state index in [1.807, 2.05) is 85.1 Å². The van der Waals surface area contributed by atoms with Crippen LogP contribution in [0.1, 0.15) is 27.6 Å². The quantitative estimate of drug-likeness (QED) is 0.501. The summed E-state index contributed by atoms with van der Waals surface area (Å²) >= 11 is 0. The Bertz CT molecular complexity index is 1100. The van der Waals surface area contributed by atoms with Crippen molar-refractivity contribution in [3.8, 4) is 11.4 Å². The Labute approximate surface area is 162 Å². The lowest BCUT2D eigenvalue weighted by molar-refractivity contribution is 0.0458. The molecule has 0 amide bonds. The molecule has 0 aliphatic rings. The van der Waals surface area contributed by atoms with Gasteiger partial charge in [0, 0.05) is 17.1 Å². The third kappa shape index (κ3) is 3.29. The minimum Gasteiger partial charge on any atom is -0.454 e. The number of aromatic nitrogens is 5. The van der Waals surface area contributed by atoms with Crippen LogP contribution in [0, 0.1) is 13.8 Å². The summed E-state index contributed by atoms with van der Waals surface area (Å²) in [4.78, 5) is 12.7. The summed E-state index contributed by atoms with van der Waals surface area (Å²) in [5.41, 5.74) is 4.13. The fourth-order valence-corrected chi connectivity index (χ4v) is 3.22. The van der Waals surface area contributed by atoms with Gasteiger partial charge < -0.3 is 9.30 Å². The van der Waals surface area contributed by atoms with Gasteiger partial charge in [-0.2, -0.15) is 4.68 Å². The molecule has 2 heterocycles. The smallest absolute Gasteiger partial charge is 0.340 e. The van der Waals surface area contributed by atoms with Crippen molar-refractivity contribution < 1.29 is 9.53 Å². The lowest BCUT2D eigenvalue weighted by Gasteiger charge is -2.10. The van der Waals surface area contributed by atoms with Crippen LogP contribution in [0.25, 0.3) is 11.4 Å². The number of benzene rings is 2. The van der Waals surface area contributed by atoms with Crippen LogP contribution in [-0.2, 0) is 11.3 Å². The largest absolute Gasteiger partial charge is 0.454 e. The molecule has 2 aromatic carbocycles. The predicted molar refractivity (Wildman–Crippen MR) is 104 cm³/mol. The van der Waals surface area contributed by atoms with Crippen LogP contribution in [0.2, 0.25) is 0 Å². The maximum absolute atomic E-state index is 12.7. The summed E-state index contributed by atoms with van der Waals surface area (Å²) in [5, 5.41) is 11.6. The molecule has 0 aliphatic heterocycles. The average Bonchev–Trinajstić information content (AvgIpc) is 3.31. The number of carbonyl (C=O) groups is 1. The molecule has 0 N–H and O–H groups in total. The first-order valence-electron chi connectivity index (χ1n) is 8.89. The van der Waals surface area contributed by atoms with Gasteiger partial charge in [0.05, 0.1) is 11.3 Å². The lowest BCUT2D eigenvalue weighted by Crippen LogP contribution is -2.11. The number of ether oxygens (including phenoxy) is 1. The SMILES string of the molecule is Cc1cc(C(=O)OCc2nnnn2-c2ccccc2)c(C)n1-c1ccccc1. The molecule has 4 rings (SSSR count). The molecule has 28 heavy (non-hydrogen) atoms. The van der Waals surface area contributed by atoms with Gasteiger partial charge in [-0.25, -0.2) is 4.79 Å². The molecule has 4 aromatic rings. The molecule has 7 nitrogen and oxygen atoms in total. The van der Waals surface area contributed by atoms with Crippen molar-refractivity contribution in [3.05, 3.63) is 89.5 Å². The number of tetrazole rings is 1. The van der Waals surface area contributed by atoms with Crippen LogP contribution in [0.3, 0.4) is 0 Å². The molecule has 0 bridgehead atoms. The summed E-state index contributed by atoms with van der Waals surface area (Å²) in [5.74, 6) is 0.0503. The van der Waals surface area contributed by atoms with Crippen LogP contribution in [0.15, 0.2) is 66.7 Å². The van der Waals surface area contributed by atoms with E-state index in [9.17, 15) is 4.79 Å². The molecular formula is C21H19N5O2. The summed E-state index contributed by atoms with van der Waals surface area (Å²) in [7, 11) is 0. The van der Waals surface area contributed by atoms with E-state index in [1.54, 1.807) is 4.68 Å². The van der Waals surface area contributed by atoms with E-state index in [1.165, 1.54) is 0 Å². The number of hydrogen-bond donors (Lipinski definition) is 0. The minimum absolute atomic E-state index is 0.0181. The van der Waals surface area contributed by atoms with Gasteiger partial charge in [0.25, 0.3) is 0 Å². The molecule has 0 saturated carbocycles. The van der Waals surface area contributed by atoms with Crippen molar-refractivity contribution in [2.75, 3.05) is 0 Å². The van der Waals surface area contributed by atoms with E-state index in [-0.39, 0.29) is 6.61 Å². The first kappa shape index (κ1) is 17.7. The Morgan fingerprint density at radius 1 is 0.964 bits per heavy atom. The van der Waals surface area contributed by atoms with Gasteiger partial charge in [-0.3, -0.25) is 0 Å². The Balaban J connectivity index is 1.54. The standard InChI is InChI=1S/C21H19N5O2/c1-15-13-19(16(2)25(15)17-9-5-3-6-10-17)21(27)28-14-20-22-23-24-26(20)18-11-7-4-8-12-18/h3-13H,14H2,1-2H3. The number of rotatable bonds is 5. The van der Waals surface area contributed by atoms with Crippen LogP contribution in [-0.4, -0.2) is 30.7 Å². The highest BCUT2D eigenvalue weighted by molar-refractivity contribution is 5.91. The number of hydrogen-bond acceptors (Lipinski definition) is 5. The van der Waals surface area contributed by atoms with Crippen LogP contribution in [0.4, 0.5) is 0 Å². The number of esters is 1. The van der Waals surface area contributed by atoms with Gasteiger partial charge in [0.2, 0.25) is 0 Å². The zero-order chi connectivity index (χ0) is 19.5. The van der Waals surface area contributed by atoms with Gasteiger partial charge in [-0.05, 0) is 54.6 Å². The van der Waals surface area contributed by atoms with Crippen molar-refractivity contribution in [1.29, 1.82) is 0 Å². The first-order valence-corrected chi connectivity index (χ1v) is 8.89. The van der Waals surface area contributed by atoms with Gasteiger partial charge in [0.1, 0.15) is 0 Å². The topological polar surface area (TPSA) is 74.8 Å². The molecule has 7 heteroatoms. The number of carbonyl (C=O) groups excluding carboxylic acids is 1. The number of aryl methyl sites for hydroxylation is 1. The van der Waals surface area contributed by atoms with Gasteiger partial charge in [0.15, 0.2) is 12.4 Å². The monoisotopic (exact) mass is 373 g/mol. The first-order chi connectivity index (χ1) is 13.6. The Hall–Kier alpha value is -3.74. The van der Waals surface area contributed by atoms with Crippen molar-refractivity contribution >= 4 is 5.97 Å². The van der Waals surface area contributed by atoms with Crippen molar-refractivity contribution in [1.82, 2.24) is 24.8 Å². The fraction of sp³-hybridized carbons (Fsp3) is 0.143. The minimum atomic E-state index is -0.405. The predicted octanol–water partition coefficient (Wildman–Crippen LogP) is 3.43. The van der Waals surface area contributed by atoms with Gasteiger partial charge in [-0.1, -0.05) is 36.4 Å². The second-order valence-corrected chi connectivity index (χ2v) is 6.37. The van der Waals surface area contributed by atoms with Crippen molar-refractivity contribution in [2.45, 2.75) is 20.5 Å². The molecule has 0 radical (unpaired) electrons. The van der Waals surface area contributed by atoms with Gasteiger partial charge >= 0.3 is 5.97 Å². The number of para-hydroxylation sites is 2. The van der Waals surface area contributed by atoms with E-state index in [4.69, 9.17) is 4.74 Å². The van der Waals surface area contributed by atoms with E-state index < -0.39 is 5.97 Å². The van der Waals surface area contributed by atoms with Crippen LogP contribution in [0.5, 0.6) is 0 Å². The molecule has 0 fully saturated rings. The van der Waals surface area contributed by atoms with Crippen LogP contribution < -0.4 is 0 Å².